The number of piperidine rings is 1. The fraction of sp³-hybridized carbons (Fsp3) is 0.857. The number of carbonyl (C=O) groups excluding carboxylic acids is 1. The molecule has 2 fully saturated rings. The molecule has 2 aliphatic rings. The molecule has 1 amide bonds. The van der Waals surface area contributed by atoms with Gasteiger partial charge in [-0.2, -0.15) is 0 Å². The van der Waals surface area contributed by atoms with E-state index in [0.717, 1.165) is 13.0 Å². The van der Waals surface area contributed by atoms with Gasteiger partial charge in [0.2, 0.25) is 5.91 Å². The maximum Gasteiger partial charge on any atom is 0.228 e. The van der Waals surface area contributed by atoms with Gasteiger partial charge in [0.15, 0.2) is 0 Å². The van der Waals surface area contributed by atoms with E-state index >= 15 is 0 Å². The van der Waals surface area contributed by atoms with E-state index in [1.807, 2.05) is 11.9 Å². The molecule has 1 heterocycles. The maximum atomic E-state index is 11.2. The highest BCUT2D eigenvalue weighted by molar-refractivity contribution is 5.88. The molecule has 0 spiro atoms. The molecule has 2 heteroatoms. The Labute approximate surface area is 54.8 Å². The number of hydrogen-bond acceptors (Lipinski definition) is 1. The summed E-state index contributed by atoms with van der Waals surface area (Å²) in [5.74, 6) is 1.04. The van der Waals surface area contributed by atoms with E-state index in [2.05, 4.69) is 6.92 Å². The van der Waals surface area contributed by atoms with Crippen LogP contribution < -0.4 is 0 Å². The normalized spacial score (nSPS) is 47.6. The number of hydrogen-bond donors (Lipinski definition) is 0. The molecule has 0 aromatic rings. The Morgan fingerprint density at radius 2 is 2.44 bits per heavy atom. The van der Waals surface area contributed by atoms with Gasteiger partial charge in [-0.25, -0.2) is 0 Å². The van der Waals surface area contributed by atoms with Gasteiger partial charge in [0.25, 0.3) is 0 Å². The Balaban J connectivity index is 2.28. The average Bonchev–Trinajstić information content (AvgIpc) is 2.36. The fourth-order valence-corrected chi connectivity index (χ4v) is 1.83. The standard InChI is InChI=1S/C7H11NO/c1-7-3-5(7)4-8(2)6(7)9/h5H,3-4H2,1-2H3/t5-,7-/m0/s1. The first-order valence-electron chi connectivity index (χ1n) is 3.40. The highest BCUT2D eigenvalue weighted by atomic mass is 16.2. The molecule has 2 nitrogen and oxygen atoms in total. The Morgan fingerprint density at radius 1 is 1.78 bits per heavy atom. The maximum absolute atomic E-state index is 11.2. The van der Waals surface area contributed by atoms with E-state index in [9.17, 15) is 4.79 Å². The van der Waals surface area contributed by atoms with Crippen molar-refractivity contribution in [1.29, 1.82) is 0 Å². The summed E-state index contributed by atoms with van der Waals surface area (Å²) in [5.41, 5.74) is 0.0781. The van der Waals surface area contributed by atoms with Crippen LogP contribution in [0.4, 0.5) is 0 Å². The summed E-state index contributed by atoms with van der Waals surface area (Å²) in [5, 5.41) is 0. The second-order valence-electron chi connectivity index (χ2n) is 3.50. The van der Waals surface area contributed by atoms with Gasteiger partial charge < -0.3 is 4.90 Å². The van der Waals surface area contributed by atoms with Crippen LogP contribution >= 0.6 is 0 Å². The highest BCUT2D eigenvalue weighted by Crippen LogP contribution is 2.57. The number of carbonyl (C=O) groups is 1. The molecule has 0 radical (unpaired) electrons. The minimum absolute atomic E-state index is 0.0781. The smallest absolute Gasteiger partial charge is 0.228 e. The van der Waals surface area contributed by atoms with Gasteiger partial charge in [-0.1, -0.05) is 6.92 Å². The number of amides is 1. The fourth-order valence-electron chi connectivity index (χ4n) is 1.83. The van der Waals surface area contributed by atoms with Crippen LogP contribution in [0.2, 0.25) is 0 Å². The topological polar surface area (TPSA) is 20.3 Å². The van der Waals surface area contributed by atoms with Gasteiger partial charge in [-0.05, 0) is 12.3 Å². The molecule has 9 heavy (non-hydrogen) atoms. The Kier molecular flexibility index (Phi) is 0.675. The van der Waals surface area contributed by atoms with E-state index in [4.69, 9.17) is 0 Å². The predicted molar refractivity (Wildman–Crippen MR) is 33.9 cm³/mol. The first-order chi connectivity index (χ1) is 4.14. The van der Waals surface area contributed by atoms with Crippen LogP contribution in [-0.2, 0) is 4.79 Å². The van der Waals surface area contributed by atoms with Crippen LogP contribution in [0.1, 0.15) is 13.3 Å². The van der Waals surface area contributed by atoms with Crippen molar-refractivity contribution in [2.75, 3.05) is 13.6 Å². The van der Waals surface area contributed by atoms with Gasteiger partial charge in [0, 0.05) is 13.6 Å². The van der Waals surface area contributed by atoms with Gasteiger partial charge in [0.1, 0.15) is 0 Å². The summed E-state index contributed by atoms with van der Waals surface area (Å²) in [6, 6.07) is 0. The van der Waals surface area contributed by atoms with Gasteiger partial charge >= 0.3 is 0 Å². The van der Waals surface area contributed by atoms with E-state index in [1.165, 1.54) is 0 Å². The largest absolute Gasteiger partial charge is 0.345 e. The van der Waals surface area contributed by atoms with Crippen molar-refractivity contribution < 1.29 is 4.79 Å². The molecule has 1 saturated carbocycles. The van der Waals surface area contributed by atoms with Crippen molar-refractivity contribution in [3.05, 3.63) is 0 Å². The first-order valence-corrected chi connectivity index (χ1v) is 3.40. The van der Waals surface area contributed by atoms with Gasteiger partial charge in [0.05, 0.1) is 5.41 Å². The zero-order valence-electron chi connectivity index (χ0n) is 5.85. The Hall–Kier alpha value is -0.530. The average molecular weight is 125 g/mol. The molecule has 0 aromatic carbocycles. The lowest BCUT2D eigenvalue weighted by Gasteiger charge is -2.11. The molecule has 0 N–H and O–H groups in total. The number of fused-ring (bicyclic) bond motifs is 1. The van der Waals surface area contributed by atoms with Crippen LogP contribution in [-0.4, -0.2) is 24.4 Å². The molecule has 1 saturated heterocycles. The minimum Gasteiger partial charge on any atom is -0.345 e. The second kappa shape index (κ2) is 1.15. The Morgan fingerprint density at radius 3 is 2.67 bits per heavy atom. The van der Waals surface area contributed by atoms with Crippen molar-refractivity contribution in [2.24, 2.45) is 11.3 Å². The van der Waals surface area contributed by atoms with Crippen molar-refractivity contribution in [3.8, 4) is 0 Å². The first kappa shape index (κ1) is 5.27. The quantitative estimate of drug-likeness (QED) is 0.461. The van der Waals surface area contributed by atoms with E-state index < -0.39 is 0 Å². The molecule has 1 aliphatic carbocycles. The SMILES string of the molecule is CN1C[C@@H]2C[C@]2(C)C1=O. The molecule has 1 aliphatic heterocycles. The number of rotatable bonds is 0. The lowest BCUT2D eigenvalue weighted by atomic mass is 10.1. The summed E-state index contributed by atoms with van der Waals surface area (Å²) < 4.78 is 0. The van der Waals surface area contributed by atoms with Crippen molar-refractivity contribution in [3.63, 3.8) is 0 Å². The summed E-state index contributed by atoms with van der Waals surface area (Å²) >= 11 is 0. The molecule has 2 rings (SSSR count). The third-order valence-corrected chi connectivity index (χ3v) is 2.74. The summed E-state index contributed by atoms with van der Waals surface area (Å²) in [4.78, 5) is 13.0. The molecular weight excluding hydrogens is 114 g/mol. The lowest BCUT2D eigenvalue weighted by Crippen LogP contribution is -2.26. The molecule has 0 unspecified atom stereocenters. The number of likely N-dealkylation sites (tertiary alicyclic amines) is 1. The van der Waals surface area contributed by atoms with E-state index in [-0.39, 0.29) is 5.41 Å². The molecular formula is C7H11NO. The second-order valence-corrected chi connectivity index (χ2v) is 3.50. The summed E-state index contributed by atoms with van der Waals surface area (Å²) in [6.45, 7) is 3.07. The van der Waals surface area contributed by atoms with Crippen LogP contribution in [0.25, 0.3) is 0 Å². The third-order valence-electron chi connectivity index (χ3n) is 2.74. The molecule has 2 atom stereocenters. The summed E-state index contributed by atoms with van der Waals surface area (Å²) in [7, 11) is 1.89. The number of nitrogens with zero attached hydrogens (tertiary/aromatic N) is 1. The zero-order valence-corrected chi connectivity index (χ0v) is 5.85. The lowest BCUT2D eigenvalue weighted by molar-refractivity contribution is -0.131. The monoisotopic (exact) mass is 125 g/mol. The Bertz CT molecular complexity index is 178. The van der Waals surface area contributed by atoms with Crippen LogP contribution in [0.15, 0.2) is 0 Å². The van der Waals surface area contributed by atoms with Crippen LogP contribution in [0.3, 0.4) is 0 Å². The van der Waals surface area contributed by atoms with Crippen LogP contribution in [0, 0.1) is 11.3 Å². The summed E-state index contributed by atoms with van der Waals surface area (Å²) in [6.07, 6.45) is 1.14. The minimum atomic E-state index is 0.0781. The van der Waals surface area contributed by atoms with Gasteiger partial charge in [-0.3, -0.25) is 4.79 Å². The van der Waals surface area contributed by atoms with Crippen LogP contribution in [0.5, 0.6) is 0 Å². The highest BCUT2D eigenvalue weighted by Gasteiger charge is 2.62. The zero-order chi connectivity index (χ0) is 6.65. The molecule has 0 aromatic heterocycles. The predicted octanol–water partition coefficient (Wildman–Crippen LogP) is 0.485. The van der Waals surface area contributed by atoms with Crippen molar-refractivity contribution in [1.82, 2.24) is 4.90 Å². The third kappa shape index (κ3) is 0.443. The van der Waals surface area contributed by atoms with E-state index in [0.29, 0.717) is 11.8 Å². The molecule has 50 valence electrons. The van der Waals surface area contributed by atoms with Crippen molar-refractivity contribution in [2.45, 2.75) is 13.3 Å². The van der Waals surface area contributed by atoms with Crippen molar-refractivity contribution >= 4 is 5.91 Å². The van der Waals surface area contributed by atoms with E-state index in [1.54, 1.807) is 0 Å². The molecule has 0 bridgehead atoms. The van der Waals surface area contributed by atoms with Gasteiger partial charge in [-0.15, -0.1) is 0 Å².